The van der Waals surface area contributed by atoms with Gasteiger partial charge < -0.3 is 0 Å². The Hall–Kier alpha value is -2.67. The van der Waals surface area contributed by atoms with Gasteiger partial charge >= 0.3 is 0 Å². The zero-order chi connectivity index (χ0) is 19.6. The highest BCUT2D eigenvalue weighted by Gasteiger charge is 2.20. The van der Waals surface area contributed by atoms with Crippen molar-refractivity contribution in [2.45, 2.75) is 19.5 Å². The van der Waals surface area contributed by atoms with Crippen LogP contribution in [0.1, 0.15) is 16.1 Å². The van der Waals surface area contributed by atoms with Crippen molar-refractivity contribution in [1.82, 2.24) is 24.8 Å². The molecule has 0 radical (unpaired) electrons. The molecule has 0 aliphatic carbocycles. The quantitative estimate of drug-likeness (QED) is 0.472. The van der Waals surface area contributed by atoms with Gasteiger partial charge in [-0.2, -0.15) is 0 Å². The largest absolute Gasteiger partial charge is 0.293 e. The smallest absolute Gasteiger partial charge is 0.159 e. The van der Waals surface area contributed by atoms with Crippen LogP contribution in [0.5, 0.6) is 0 Å². The van der Waals surface area contributed by atoms with Crippen LogP contribution >= 0.6 is 22.9 Å². The third-order valence-corrected chi connectivity index (χ3v) is 6.26. The molecular formula is C22H18ClN5S. The first-order valence-electron chi connectivity index (χ1n) is 9.43. The molecule has 7 heteroatoms. The monoisotopic (exact) mass is 419 g/mol. The highest BCUT2D eigenvalue weighted by molar-refractivity contribution is 7.15. The first-order chi connectivity index (χ1) is 14.2. The van der Waals surface area contributed by atoms with Crippen molar-refractivity contribution in [1.29, 1.82) is 0 Å². The summed E-state index contributed by atoms with van der Waals surface area (Å²) in [5, 5.41) is 1.77. The lowest BCUT2D eigenvalue weighted by Gasteiger charge is -2.27. The van der Waals surface area contributed by atoms with Crippen molar-refractivity contribution in [3.8, 4) is 22.0 Å². The van der Waals surface area contributed by atoms with Gasteiger partial charge in [0.25, 0.3) is 0 Å². The lowest BCUT2D eigenvalue weighted by Crippen LogP contribution is -2.30. The van der Waals surface area contributed by atoms with E-state index in [-0.39, 0.29) is 0 Å². The normalized spacial score (nSPS) is 14.0. The molecular weight excluding hydrogens is 402 g/mol. The van der Waals surface area contributed by atoms with Crippen LogP contribution in [0.4, 0.5) is 0 Å². The number of pyridine rings is 1. The minimum absolute atomic E-state index is 0.742. The van der Waals surface area contributed by atoms with Gasteiger partial charge in [0.05, 0.1) is 5.69 Å². The Kier molecular flexibility index (Phi) is 5.06. The molecule has 1 aromatic carbocycles. The molecule has 29 heavy (non-hydrogen) atoms. The summed E-state index contributed by atoms with van der Waals surface area (Å²) in [5.41, 5.74) is 4.46. The number of rotatable bonds is 4. The number of benzene rings is 1. The van der Waals surface area contributed by atoms with Gasteiger partial charge in [0.1, 0.15) is 5.01 Å². The summed E-state index contributed by atoms with van der Waals surface area (Å²) in [6.07, 6.45) is 8.42. The lowest BCUT2D eigenvalue weighted by molar-refractivity contribution is 0.245. The first-order valence-corrected chi connectivity index (χ1v) is 10.6. The van der Waals surface area contributed by atoms with Crippen LogP contribution in [0.3, 0.4) is 0 Å². The second kappa shape index (κ2) is 7.99. The Morgan fingerprint density at radius 2 is 1.79 bits per heavy atom. The van der Waals surface area contributed by atoms with E-state index in [9.17, 15) is 0 Å². The van der Waals surface area contributed by atoms with Gasteiger partial charge in [-0.05, 0) is 24.3 Å². The predicted molar refractivity (Wildman–Crippen MR) is 116 cm³/mol. The maximum Gasteiger partial charge on any atom is 0.159 e. The number of hydrogen-bond donors (Lipinski definition) is 0. The molecule has 0 N–H and O–H groups in total. The molecule has 0 spiro atoms. The average Bonchev–Trinajstić information content (AvgIpc) is 3.23. The third kappa shape index (κ3) is 4.05. The highest BCUT2D eigenvalue weighted by atomic mass is 35.5. The molecule has 3 aromatic heterocycles. The minimum Gasteiger partial charge on any atom is -0.293 e. The molecule has 1 aliphatic heterocycles. The predicted octanol–water partition coefficient (Wildman–Crippen LogP) is 4.87. The third-order valence-electron chi connectivity index (χ3n) is 4.98. The summed E-state index contributed by atoms with van der Waals surface area (Å²) < 4.78 is 0. The Morgan fingerprint density at radius 1 is 0.966 bits per heavy atom. The van der Waals surface area contributed by atoms with Gasteiger partial charge in [0.15, 0.2) is 5.82 Å². The van der Waals surface area contributed by atoms with Crippen LogP contribution in [0.2, 0.25) is 5.02 Å². The Morgan fingerprint density at radius 3 is 2.62 bits per heavy atom. The molecule has 0 fully saturated rings. The first kappa shape index (κ1) is 18.4. The van der Waals surface area contributed by atoms with Crippen molar-refractivity contribution in [2.75, 3.05) is 6.54 Å². The van der Waals surface area contributed by atoms with Crippen LogP contribution in [0.25, 0.3) is 22.0 Å². The van der Waals surface area contributed by atoms with E-state index in [0.717, 1.165) is 58.7 Å². The fourth-order valence-electron chi connectivity index (χ4n) is 3.48. The van der Waals surface area contributed by atoms with E-state index in [4.69, 9.17) is 16.6 Å². The molecule has 0 bridgehead atoms. The molecule has 5 rings (SSSR count). The van der Waals surface area contributed by atoms with Crippen molar-refractivity contribution in [3.63, 3.8) is 0 Å². The molecule has 4 heterocycles. The summed E-state index contributed by atoms with van der Waals surface area (Å²) in [4.78, 5) is 21.7. The lowest BCUT2D eigenvalue weighted by atomic mass is 10.1. The van der Waals surface area contributed by atoms with Crippen molar-refractivity contribution < 1.29 is 0 Å². The molecule has 0 unspecified atom stereocenters. The van der Waals surface area contributed by atoms with Crippen molar-refractivity contribution in [3.05, 3.63) is 82.3 Å². The van der Waals surface area contributed by atoms with Crippen LogP contribution in [-0.2, 0) is 19.5 Å². The molecule has 0 saturated carbocycles. The molecule has 4 aromatic rings. The topological polar surface area (TPSA) is 54.8 Å². The summed E-state index contributed by atoms with van der Waals surface area (Å²) in [6.45, 7) is 2.73. The second-order valence-corrected chi connectivity index (χ2v) is 8.55. The zero-order valence-electron chi connectivity index (χ0n) is 15.6. The number of halogens is 1. The van der Waals surface area contributed by atoms with Gasteiger partial charge in [-0.3, -0.25) is 9.88 Å². The Labute approximate surface area is 178 Å². The summed E-state index contributed by atoms with van der Waals surface area (Å²) in [5.74, 6) is 0.773. The Balaban J connectivity index is 1.29. The summed E-state index contributed by atoms with van der Waals surface area (Å²) in [7, 11) is 0. The van der Waals surface area contributed by atoms with Gasteiger partial charge in [0, 0.05) is 77.4 Å². The Bertz CT molecular complexity index is 1130. The van der Waals surface area contributed by atoms with E-state index in [1.807, 2.05) is 48.8 Å². The summed E-state index contributed by atoms with van der Waals surface area (Å²) in [6, 6.07) is 11.7. The van der Waals surface area contributed by atoms with Crippen LogP contribution in [-0.4, -0.2) is 31.4 Å². The molecule has 0 saturated heterocycles. The van der Waals surface area contributed by atoms with Crippen LogP contribution in [0.15, 0.2) is 61.2 Å². The average molecular weight is 420 g/mol. The minimum atomic E-state index is 0.742. The van der Waals surface area contributed by atoms with Gasteiger partial charge in [-0.25, -0.2) is 15.0 Å². The fraction of sp³-hybridized carbons (Fsp3) is 0.182. The van der Waals surface area contributed by atoms with E-state index in [2.05, 4.69) is 19.9 Å². The van der Waals surface area contributed by atoms with Gasteiger partial charge in [0.2, 0.25) is 0 Å². The summed E-state index contributed by atoms with van der Waals surface area (Å²) >= 11 is 7.72. The van der Waals surface area contributed by atoms with E-state index < -0.39 is 0 Å². The standard InChI is InChI=1S/C22H18ClN5S/c23-18-3-1-16(2-4-18)22-26-12-19(29-22)14-28-10-7-20-17(13-28)11-25-21(27-20)15-5-8-24-9-6-15/h1-6,8-9,11-12H,7,10,13-14H2. The van der Waals surface area contributed by atoms with E-state index in [1.54, 1.807) is 23.7 Å². The van der Waals surface area contributed by atoms with Gasteiger partial charge in [-0.15, -0.1) is 11.3 Å². The number of aromatic nitrogens is 4. The maximum absolute atomic E-state index is 5.98. The number of hydrogen-bond acceptors (Lipinski definition) is 6. The number of fused-ring (bicyclic) bond motifs is 1. The highest BCUT2D eigenvalue weighted by Crippen LogP contribution is 2.28. The van der Waals surface area contributed by atoms with E-state index in [1.165, 1.54) is 10.4 Å². The fourth-order valence-corrected chi connectivity index (χ4v) is 4.56. The molecule has 5 nitrogen and oxygen atoms in total. The molecule has 1 aliphatic rings. The number of thiazole rings is 1. The second-order valence-electron chi connectivity index (χ2n) is 7.00. The maximum atomic E-state index is 5.98. The zero-order valence-corrected chi connectivity index (χ0v) is 17.2. The van der Waals surface area contributed by atoms with Crippen molar-refractivity contribution in [2.24, 2.45) is 0 Å². The molecule has 0 atom stereocenters. The van der Waals surface area contributed by atoms with Crippen LogP contribution in [0, 0.1) is 0 Å². The SMILES string of the molecule is Clc1ccc(-c2ncc(CN3CCc4nc(-c5ccncc5)ncc4C3)s2)cc1. The van der Waals surface area contributed by atoms with Crippen molar-refractivity contribution >= 4 is 22.9 Å². The van der Waals surface area contributed by atoms with E-state index >= 15 is 0 Å². The number of nitrogens with zero attached hydrogens (tertiary/aromatic N) is 5. The van der Waals surface area contributed by atoms with Gasteiger partial charge in [-0.1, -0.05) is 23.7 Å². The van der Waals surface area contributed by atoms with E-state index in [0.29, 0.717) is 0 Å². The van der Waals surface area contributed by atoms with Crippen LogP contribution < -0.4 is 0 Å². The molecule has 0 amide bonds. The molecule has 144 valence electrons.